The second-order valence-electron chi connectivity index (χ2n) is 13.9. The van der Waals surface area contributed by atoms with E-state index in [1.807, 2.05) is 42.7 Å². The van der Waals surface area contributed by atoms with Crippen molar-refractivity contribution in [3.05, 3.63) is 119 Å². The minimum atomic E-state index is -3.44. The molecule has 286 valence electrons. The van der Waals surface area contributed by atoms with E-state index in [0.717, 1.165) is 87.7 Å². The minimum Gasteiger partial charge on any atom is -0.372 e. The van der Waals surface area contributed by atoms with Crippen LogP contribution in [-0.4, -0.2) is 66.8 Å². The molecule has 0 saturated carbocycles. The van der Waals surface area contributed by atoms with Gasteiger partial charge in [-0.2, -0.15) is 0 Å². The Morgan fingerprint density at radius 3 is 1.65 bits per heavy atom. The average molecular weight is 786 g/mol. The van der Waals surface area contributed by atoms with Crippen LogP contribution in [0.4, 0.5) is 0 Å². The molecule has 2 atom stereocenters. The molecule has 0 radical (unpaired) electrons. The number of hydrogen-bond acceptors (Lipinski definition) is 10. The molecular weight excluding hydrogens is 735 g/mol. The van der Waals surface area contributed by atoms with Crippen LogP contribution in [0.5, 0.6) is 0 Å². The molecular formula is C42H51N5O4S3. The molecule has 4 N–H and O–H groups in total. The SMILES string of the molecule is CSC1=NCCN1.NCC1CCCc2cc(S(=O)(=O)c3ccccc3)ccc21.O=S(=O)(c1ccccc1)c1ccc2c(c1)CCCC2CCC1=NCCN1. The van der Waals surface area contributed by atoms with Crippen molar-refractivity contribution in [3.8, 4) is 0 Å². The number of aliphatic imine (C=N–C) groups is 2. The maximum absolute atomic E-state index is 12.9. The summed E-state index contributed by atoms with van der Waals surface area (Å²) in [6, 6.07) is 28.5. The molecule has 2 unspecified atom stereocenters. The number of amidine groups is 2. The molecule has 0 saturated heterocycles. The molecule has 4 aromatic carbocycles. The molecule has 2 aliphatic carbocycles. The van der Waals surface area contributed by atoms with Crippen molar-refractivity contribution in [3.63, 3.8) is 0 Å². The lowest BCUT2D eigenvalue weighted by atomic mass is 9.80. The molecule has 0 spiro atoms. The van der Waals surface area contributed by atoms with Gasteiger partial charge in [0.25, 0.3) is 0 Å². The van der Waals surface area contributed by atoms with E-state index in [1.54, 1.807) is 72.4 Å². The van der Waals surface area contributed by atoms with Crippen LogP contribution in [0.2, 0.25) is 0 Å². The first-order chi connectivity index (χ1) is 26.2. The van der Waals surface area contributed by atoms with Gasteiger partial charge < -0.3 is 16.4 Å². The number of benzene rings is 4. The molecule has 54 heavy (non-hydrogen) atoms. The van der Waals surface area contributed by atoms with Crippen LogP contribution in [0.1, 0.15) is 72.6 Å². The summed E-state index contributed by atoms with van der Waals surface area (Å²) in [6.07, 6.45) is 10.4. The summed E-state index contributed by atoms with van der Waals surface area (Å²) in [7, 11) is -6.87. The van der Waals surface area contributed by atoms with Gasteiger partial charge in [0.2, 0.25) is 19.7 Å². The van der Waals surface area contributed by atoms with Crippen LogP contribution in [-0.2, 0) is 32.5 Å². The highest BCUT2D eigenvalue weighted by atomic mass is 32.2. The quantitative estimate of drug-likeness (QED) is 0.175. The molecule has 0 amide bonds. The Morgan fingerprint density at radius 2 is 1.19 bits per heavy atom. The van der Waals surface area contributed by atoms with Gasteiger partial charge in [-0.25, -0.2) is 16.8 Å². The maximum Gasteiger partial charge on any atom is 0.206 e. The number of nitrogens with zero attached hydrogens (tertiary/aromatic N) is 2. The number of hydrogen-bond donors (Lipinski definition) is 3. The maximum atomic E-state index is 12.9. The van der Waals surface area contributed by atoms with E-state index in [-0.39, 0.29) is 0 Å². The largest absolute Gasteiger partial charge is 0.372 e. The third kappa shape index (κ3) is 9.63. The van der Waals surface area contributed by atoms with Crippen molar-refractivity contribution in [1.29, 1.82) is 0 Å². The van der Waals surface area contributed by atoms with Gasteiger partial charge in [-0.3, -0.25) is 9.98 Å². The number of nitrogens with one attached hydrogen (secondary N) is 2. The van der Waals surface area contributed by atoms with Gasteiger partial charge in [-0.15, -0.1) is 0 Å². The third-order valence-electron chi connectivity index (χ3n) is 10.4. The lowest BCUT2D eigenvalue weighted by Gasteiger charge is -2.26. The topological polar surface area (TPSA) is 143 Å². The highest BCUT2D eigenvalue weighted by Gasteiger charge is 2.25. The van der Waals surface area contributed by atoms with Crippen molar-refractivity contribution < 1.29 is 16.8 Å². The normalized spacial score (nSPS) is 18.9. The van der Waals surface area contributed by atoms with Gasteiger partial charge in [0.15, 0.2) is 5.17 Å². The molecule has 0 aromatic heterocycles. The molecule has 0 fully saturated rings. The van der Waals surface area contributed by atoms with Gasteiger partial charge in [-0.05, 0) is 140 Å². The zero-order chi connectivity index (χ0) is 38.0. The fourth-order valence-electron chi connectivity index (χ4n) is 7.57. The molecule has 4 aromatic rings. The predicted octanol–water partition coefficient (Wildman–Crippen LogP) is 6.93. The summed E-state index contributed by atoms with van der Waals surface area (Å²) in [5.74, 6) is 1.99. The second-order valence-corrected chi connectivity index (χ2v) is 18.6. The first-order valence-corrected chi connectivity index (χ1v) is 23.1. The second kappa shape index (κ2) is 18.6. The molecule has 2 aliphatic heterocycles. The lowest BCUT2D eigenvalue weighted by molar-refractivity contribution is 0.526. The van der Waals surface area contributed by atoms with E-state index < -0.39 is 19.7 Å². The van der Waals surface area contributed by atoms with Gasteiger partial charge in [0.1, 0.15) is 0 Å². The van der Waals surface area contributed by atoms with Gasteiger partial charge in [0.05, 0.1) is 38.5 Å². The molecule has 9 nitrogen and oxygen atoms in total. The van der Waals surface area contributed by atoms with Crippen molar-refractivity contribution in [2.75, 3.05) is 39.0 Å². The van der Waals surface area contributed by atoms with Crippen molar-refractivity contribution in [1.82, 2.24) is 10.6 Å². The summed E-state index contributed by atoms with van der Waals surface area (Å²) in [6.45, 7) is 4.44. The zero-order valence-corrected chi connectivity index (χ0v) is 33.4. The van der Waals surface area contributed by atoms with Crippen LogP contribution in [0, 0.1) is 0 Å². The Kier molecular flexibility index (Phi) is 13.7. The standard InChI is InChI=1S/C21H24N2O2S.C17H19NO2S.C4H8N2S/c24-26(25,18-7-2-1-3-8-18)19-10-11-20-16(5-4-6-17(20)15-19)9-12-21-22-13-14-23-21;18-12-14-6-4-5-13-11-16(9-10-17(13)14)21(19,20)15-7-2-1-3-8-15;1-7-4-5-2-3-6-4/h1-3,7-8,10-11,15-16H,4-6,9,12-14H2,(H,22,23);1-3,7-11,14H,4-6,12,18H2;2-3H2,1H3,(H,5,6). The van der Waals surface area contributed by atoms with Gasteiger partial charge in [-0.1, -0.05) is 60.3 Å². The molecule has 8 rings (SSSR count). The highest BCUT2D eigenvalue weighted by molar-refractivity contribution is 8.13. The number of thioether (sulfide) groups is 1. The Bertz CT molecular complexity index is 2160. The zero-order valence-electron chi connectivity index (χ0n) is 30.9. The number of sulfone groups is 2. The Hall–Kier alpha value is -3.97. The monoisotopic (exact) mass is 785 g/mol. The summed E-state index contributed by atoms with van der Waals surface area (Å²) < 4.78 is 51.0. The first kappa shape index (κ1) is 39.7. The van der Waals surface area contributed by atoms with E-state index >= 15 is 0 Å². The first-order valence-electron chi connectivity index (χ1n) is 18.9. The van der Waals surface area contributed by atoms with E-state index in [1.165, 1.54) is 23.1 Å². The lowest BCUT2D eigenvalue weighted by Crippen LogP contribution is -2.20. The third-order valence-corrected chi connectivity index (χ3v) is 14.6. The van der Waals surface area contributed by atoms with Gasteiger partial charge >= 0.3 is 0 Å². The van der Waals surface area contributed by atoms with E-state index in [9.17, 15) is 16.8 Å². The fourth-order valence-corrected chi connectivity index (χ4v) is 10.7. The van der Waals surface area contributed by atoms with Crippen LogP contribution in [0.15, 0.2) is 127 Å². The highest BCUT2D eigenvalue weighted by Crippen LogP contribution is 2.37. The molecule has 4 aliphatic rings. The van der Waals surface area contributed by atoms with Crippen LogP contribution in [0.25, 0.3) is 0 Å². The summed E-state index contributed by atoms with van der Waals surface area (Å²) >= 11 is 1.67. The Morgan fingerprint density at radius 1 is 0.667 bits per heavy atom. The fraction of sp³-hybridized carbons (Fsp3) is 0.381. The molecule has 12 heteroatoms. The van der Waals surface area contributed by atoms with Crippen LogP contribution >= 0.6 is 11.8 Å². The Balaban J connectivity index is 0.000000159. The Labute approximate surface area is 325 Å². The number of rotatable bonds is 8. The van der Waals surface area contributed by atoms with Crippen LogP contribution < -0.4 is 16.4 Å². The minimum absolute atomic E-state index is 0.344. The number of nitrogens with two attached hydrogens (primary N) is 1. The van der Waals surface area contributed by atoms with E-state index in [4.69, 9.17) is 5.73 Å². The predicted molar refractivity (Wildman–Crippen MR) is 220 cm³/mol. The average Bonchev–Trinajstić information content (AvgIpc) is 3.96. The van der Waals surface area contributed by atoms with Crippen molar-refractivity contribution in [2.24, 2.45) is 15.7 Å². The van der Waals surface area contributed by atoms with Crippen molar-refractivity contribution in [2.45, 2.75) is 82.8 Å². The van der Waals surface area contributed by atoms with Crippen molar-refractivity contribution >= 4 is 42.4 Å². The summed E-state index contributed by atoms with van der Waals surface area (Å²) in [5.41, 5.74) is 10.7. The summed E-state index contributed by atoms with van der Waals surface area (Å²) in [5, 5.41) is 7.54. The summed E-state index contributed by atoms with van der Waals surface area (Å²) in [4.78, 5) is 10.1. The number of fused-ring (bicyclic) bond motifs is 2. The van der Waals surface area contributed by atoms with Gasteiger partial charge in [0, 0.05) is 19.5 Å². The van der Waals surface area contributed by atoms with E-state index in [0.29, 0.717) is 38.0 Å². The number of aryl methyl sites for hydroxylation is 2. The van der Waals surface area contributed by atoms with Crippen LogP contribution in [0.3, 0.4) is 0 Å². The molecule has 0 bridgehead atoms. The van der Waals surface area contributed by atoms with E-state index in [2.05, 4.69) is 20.6 Å². The smallest absolute Gasteiger partial charge is 0.206 e. The molecule has 2 heterocycles.